The zero-order valence-electron chi connectivity index (χ0n) is 14.9. The van der Waals surface area contributed by atoms with Crippen LogP contribution in [0.2, 0.25) is 5.02 Å². The van der Waals surface area contributed by atoms with Crippen molar-refractivity contribution in [2.45, 2.75) is 29.9 Å². The first-order valence-corrected chi connectivity index (χ1v) is 9.71. The van der Waals surface area contributed by atoms with Crippen LogP contribution in [0, 0.1) is 5.92 Å². The second-order valence-corrected chi connectivity index (χ2v) is 8.28. The average Bonchev–Trinajstić information content (AvgIpc) is 2.62. The van der Waals surface area contributed by atoms with Gasteiger partial charge in [0.2, 0.25) is 11.8 Å². The van der Waals surface area contributed by atoms with Crippen LogP contribution in [0.4, 0.5) is 0 Å². The molecule has 0 bridgehead atoms. The summed E-state index contributed by atoms with van der Waals surface area (Å²) in [6, 6.07) is 7.23. The van der Waals surface area contributed by atoms with Crippen LogP contribution in [0.1, 0.15) is 19.8 Å². The highest BCUT2D eigenvalue weighted by Gasteiger charge is 2.29. The monoisotopic (exact) mass is 398 g/mol. The molecule has 6 nitrogen and oxygen atoms in total. The molecule has 2 rings (SSSR count). The van der Waals surface area contributed by atoms with E-state index in [1.807, 2.05) is 12.1 Å². The first-order valence-electron chi connectivity index (χ1n) is 8.45. The molecule has 1 aromatic rings. The van der Waals surface area contributed by atoms with E-state index in [0.29, 0.717) is 24.4 Å². The molecule has 0 saturated carbocycles. The van der Waals surface area contributed by atoms with Crippen molar-refractivity contribution in [1.29, 1.82) is 0 Å². The van der Waals surface area contributed by atoms with Crippen molar-refractivity contribution in [3.05, 3.63) is 29.3 Å². The number of hydrogen-bond acceptors (Lipinski definition) is 4. The van der Waals surface area contributed by atoms with Crippen LogP contribution in [-0.2, 0) is 14.4 Å². The third kappa shape index (κ3) is 5.64. The van der Waals surface area contributed by atoms with Gasteiger partial charge in [0, 0.05) is 30.1 Å². The van der Waals surface area contributed by atoms with Gasteiger partial charge in [-0.15, -0.1) is 11.8 Å². The summed E-state index contributed by atoms with van der Waals surface area (Å²) >= 11 is 7.26. The number of hydrogen-bond donors (Lipinski definition) is 1. The minimum absolute atomic E-state index is 0.0450. The lowest BCUT2D eigenvalue weighted by Gasteiger charge is -2.32. The molecule has 2 unspecified atom stereocenters. The Balaban J connectivity index is 1.88. The standard InChI is InChI=1S/C18H23ClN2O4S/c1-12(26-15-7-5-14(19)6-8-15)17(23)20(2)11-16(22)21-9-3-4-13(10-21)18(24)25/h5-8,12-13H,3-4,9-11H2,1-2H3,(H,24,25). The van der Waals surface area contributed by atoms with Crippen molar-refractivity contribution >= 4 is 41.1 Å². The van der Waals surface area contributed by atoms with Crippen LogP contribution in [-0.4, -0.2) is 64.6 Å². The number of carboxylic acids is 1. The van der Waals surface area contributed by atoms with Crippen LogP contribution < -0.4 is 0 Å². The summed E-state index contributed by atoms with van der Waals surface area (Å²) in [5.41, 5.74) is 0. The van der Waals surface area contributed by atoms with E-state index in [1.165, 1.54) is 16.7 Å². The van der Waals surface area contributed by atoms with Gasteiger partial charge in [0.05, 0.1) is 17.7 Å². The minimum Gasteiger partial charge on any atom is -0.481 e. The second kappa shape index (κ2) is 9.28. The molecule has 1 aliphatic heterocycles. The van der Waals surface area contributed by atoms with Gasteiger partial charge in [-0.3, -0.25) is 14.4 Å². The van der Waals surface area contributed by atoms with Gasteiger partial charge in [-0.05, 0) is 44.0 Å². The Morgan fingerprint density at radius 2 is 2.00 bits per heavy atom. The molecule has 0 aliphatic carbocycles. The molecule has 0 spiro atoms. The lowest BCUT2D eigenvalue weighted by Crippen LogP contribution is -2.47. The predicted molar refractivity (Wildman–Crippen MR) is 101 cm³/mol. The highest BCUT2D eigenvalue weighted by atomic mass is 35.5. The molecule has 0 radical (unpaired) electrons. The topological polar surface area (TPSA) is 77.9 Å². The number of rotatable bonds is 6. The smallest absolute Gasteiger partial charge is 0.308 e. The number of carboxylic acid groups (broad SMARTS) is 1. The molecule has 2 atom stereocenters. The number of halogens is 1. The van der Waals surface area contributed by atoms with Crippen LogP contribution >= 0.6 is 23.4 Å². The zero-order valence-corrected chi connectivity index (χ0v) is 16.4. The number of piperidine rings is 1. The van der Waals surface area contributed by atoms with Crippen molar-refractivity contribution in [2.75, 3.05) is 26.7 Å². The third-order valence-electron chi connectivity index (χ3n) is 4.35. The Labute approximate surface area is 162 Å². The van der Waals surface area contributed by atoms with Gasteiger partial charge in [0.1, 0.15) is 0 Å². The summed E-state index contributed by atoms with van der Waals surface area (Å²) in [6.45, 7) is 2.51. The number of benzene rings is 1. The normalized spacial score (nSPS) is 18.3. The van der Waals surface area contributed by atoms with E-state index in [-0.39, 0.29) is 30.2 Å². The second-order valence-electron chi connectivity index (χ2n) is 6.43. The van der Waals surface area contributed by atoms with E-state index in [2.05, 4.69) is 0 Å². The van der Waals surface area contributed by atoms with Gasteiger partial charge in [-0.1, -0.05) is 11.6 Å². The lowest BCUT2D eigenvalue weighted by atomic mass is 9.98. The molecular formula is C18H23ClN2O4S. The number of carbonyl (C=O) groups is 3. The first-order chi connectivity index (χ1) is 12.3. The first kappa shape index (κ1) is 20.6. The fourth-order valence-corrected chi connectivity index (χ4v) is 3.97. The van der Waals surface area contributed by atoms with Crippen LogP contribution in [0.5, 0.6) is 0 Å². The highest BCUT2D eigenvalue weighted by Crippen LogP contribution is 2.25. The number of likely N-dealkylation sites (tertiary alicyclic amines) is 1. The van der Waals surface area contributed by atoms with Gasteiger partial charge < -0.3 is 14.9 Å². The fraction of sp³-hybridized carbons (Fsp3) is 0.500. The summed E-state index contributed by atoms with van der Waals surface area (Å²) in [7, 11) is 1.60. The number of amides is 2. The maximum absolute atomic E-state index is 12.5. The summed E-state index contributed by atoms with van der Waals surface area (Å²) in [4.78, 5) is 39.9. The molecular weight excluding hydrogens is 376 g/mol. The molecule has 0 aromatic heterocycles. The average molecular weight is 399 g/mol. The van der Waals surface area contributed by atoms with Crippen molar-refractivity contribution in [3.8, 4) is 0 Å². The van der Waals surface area contributed by atoms with Crippen LogP contribution in [0.15, 0.2) is 29.2 Å². The Kier molecular flexibility index (Phi) is 7.34. The molecule has 1 saturated heterocycles. The molecule has 2 amide bonds. The quantitative estimate of drug-likeness (QED) is 0.745. The molecule has 8 heteroatoms. The van der Waals surface area contributed by atoms with Gasteiger partial charge in [-0.25, -0.2) is 0 Å². The molecule has 1 N–H and O–H groups in total. The predicted octanol–water partition coefficient (Wildman–Crippen LogP) is 2.60. The van der Waals surface area contributed by atoms with Crippen LogP contribution in [0.3, 0.4) is 0 Å². The van der Waals surface area contributed by atoms with E-state index >= 15 is 0 Å². The number of carbonyl (C=O) groups excluding carboxylic acids is 2. The van der Waals surface area contributed by atoms with E-state index < -0.39 is 11.9 Å². The Hall–Kier alpha value is -1.73. The van der Waals surface area contributed by atoms with Crippen molar-refractivity contribution in [1.82, 2.24) is 9.80 Å². The largest absolute Gasteiger partial charge is 0.481 e. The lowest BCUT2D eigenvalue weighted by molar-refractivity contribution is -0.147. The summed E-state index contributed by atoms with van der Waals surface area (Å²) in [6.07, 6.45) is 1.26. The van der Waals surface area contributed by atoms with E-state index in [9.17, 15) is 14.4 Å². The molecule has 1 aliphatic rings. The molecule has 142 valence electrons. The highest BCUT2D eigenvalue weighted by molar-refractivity contribution is 8.00. The number of thioether (sulfide) groups is 1. The van der Waals surface area contributed by atoms with Crippen molar-refractivity contribution in [2.24, 2.45) is 5.92 Å². The van der Waals surface area contributed by atoms with E-state index in [4.69, 9.17) is 16.7 Å². The van der Waals surface area contributed by atoms with E-state index in [1.54, 1.807) is 31.0 Å². The van der Waals surface area contributed by atoms with Gasteiger partial charge in [0.15, 0.2) is 0 Å². The van der Waals surface area contributed by atoms with E-state index in [0.717, 1.165) is 4.90 Å². The Bertz CT molecular complexity index is 668. The van der Waals surface area contributed by atoms with Crippen molar-refractivity contribution < 1.29 is 19.5 Å². The van der Waals surface area contributed by atoms with Gasteiger partial charge in [0.25, 0.3) is 0 Å². The Morgan fingerprint density at radius 1 is 1.35 bits per heavy atom. The zero-order chi connectivity index (χ0) is 19.3. The SMILES string of the molecule is CC(Sc1ccc(Cl)cc1)C(=O)N(C)CC(=O)N1CCCC(C(=O)O)C1. The van der Waals surface area contributed by atoms with Crippen LogP contribution in [0.25, 0.3) is 0 Å². The maximum atomic E-state index is 12.5. The summed E-state index contributed by atoms with van der Waals surface area (Å²) in [5.74, 6) is -1.76. The third-order valence-corrected chi connectivity index (χ3v) is 5.70. The molecule has 26 heavy (non-hydrogen) atoms. The maximum Gasteiger partial charge on any atom is 0.308 e. The minimum atomic E-state index is -0.875. The molecule has 1 heterocycles. The summed E-state index contributed by atoms with van der Waals surface area (Å²) < 4.78 is 0. The summed E-state index contributed by atoms with van der Waals surface area (Å²) in [5, 5.41) is 9.42. The van der Waals surface area contributed by atoms with Crippen molar-refractivity contribution in [3.63, 3.8) is 0 Å². The number of likely N-dealkylation sites (N-methyl/N-ethyl adjacent to an activating group) is 1. The number of nitrogens with zero attached hydrogens (tertiary/aromatic N) is 2. The molecule has 1 aromatic carbocycles. The Morgan fingerprint density at radius 3 is 2.62 bits per heavy atom. The van der Waals surface area contributed by atoms with Gasteiger partial charge >= 0.3 is 5.97 Å². The molecule has 1 fully saturated rings. The van der Waals surface area contributed by atoms with Gasteiger partial charge in [-0.2, -0.15) is 0 Å². The fourth-order valence-electron chi connectivity index (χ4n) is 2.86. The number of aliphatic carboxylic acids is 1.